The topological polar surface area (TPSA) is 38.8 Å². The van der Waals surface area contributed by atoms with Crippen LogP contribution in [0.1, 0.15) is 27.2 Å². The number of carbonyl (C=O) groups excluding carboxylic acids is 1. The Bertz CT molecular complexity index is 192. The molecule has 0 aromatic carbocycles. The second-order valence-electron chi connectivity index (χ2n) is 4.16. The lowest BCUT2D eigenvalue weighted by molar-refractivity contribution is -0.142. The van der Waals surface area contributed by atoms with Crippen molar-refractivity contribution >= 4 is 5.97 Å². The maximum atomic E-state index is 11.1. The van der Waals surface area contributed by atoms with Crippen LogP contribution in [0.2, 0.25) is 0 Å². The lowest BCUT2D eigenvalue weighted by atomic mass is 10.1. The molecule has 0 radical (unpaired) electrons. The molecule has 0 aliphatic carbocycles. The summed E-state index contributed by atoms with van der Waals surface area (Å²) in [6, 6.07) is 0. The maximum absolute atomic E-state index is 11.1. The Labute approximate surface area is 92.5 Å². The first-order valence-electron chi connectivity index (χ1n) is 5.29. The predicted molar refractivity (Wildman–Crippen MR) is 59.8 cm³/mol. The van der Waals surface area contributed by atoms with Crippen LogP contribution in [-0.2, 0) is 14.3 Å². The fraction of sp³-hybridized carbons (Fsp3) is 0.909. The molecule has 0 spiro atoms. The van der Waals surface area contributed by atoms with Crippen LogP contribution in [0, 0.1) is 0 Å². The van der Waals surface area contributed by atoms with E-state index in [1.54, 1.807) is 7.11 Å². The van der Waals surface area contributed by atoms with Gasteiger partial charge in [0.15, 0.2) is 0 Å². The van der Waals surface area contributed by atoms with Crippen molar-refractivity contribution in [1.29, 1.82) is 0 Å². The minimum Gasteiger partial charge on any atom is -0.468 e. The van der Waals surface area contributed by atoms with E-state index < -0.39 is 0 Å². The number of likely N-dealkylation sites (N-methyl/N-ethyl adjacent to an activating group) is 1. The molecule has 0 amide bonds. The third-order valence-electron chi connectivity index (χ3n) is 2.61. The second kappa shape index (κ2) is 6.80. The van der Waals surface area contributed by atoms with E-state index in [-0.39, 0.29) is 11.6 Å². The molecule has 0 aromatic rings. The highest BCUT2D eigenvalue weighted by Gasteiger charge is 2.18. The maximum Gasteiger partial charge on any atom is 0.319 e. The molecule has 0 heterocycles. The van der Waals surface area contributed by atoms with Crippen molar-refractivity contribution in [2.45, 2.75) is 32.8 Å². The molecule has 4 heteroatoms. The van der Waals surface area contributed by atoms with E-state index in [0.29, 0.717) is 6.54 Å². The van der Waals surface area contributed by atoms with Gasteiger partial charge in [-0.05, 0) is 26.8 Å². The number of esters is 1. The summed E-state index contributed by atoms with van der Waals surface area (Å²) in [5, 5.41) is 0. The SMILES string of the molecule is CCN(CCC(C)(C)OC)CC(=O)OC. The van der Waals surface area contributed by atoms with Gasteiger partial charge in [-0.1, -0.05) is 6.92 Å². The first-order chi connectivity index (χ1) is 6.95. The van der Waals surface area contributed by atoms with Crippen LogP contribution in [0.3, 0.4) is 0 Å². The third kappa shape index (κ3) is 6.47. The summed E-state index contributed by atoms with van der Waals surface area (Å²) in [6.45, 7) is 8.15. The molecule has 0 N–H and O–H groups in total. The Kier molecular flexibility index (Phi) is 6.52. The van der Waals surface area contributed by atoms with Gasteiger partial charge in [0.2, 0.25) is 0 Å². The summed E-state index contributed by atoms with van der Waals surface area (Å²) in [6.07, 6.45) is 0.897. The first kappa shape index (κ1) is 14.4. The zero-order valence-corrected chi connectivity index (χ0v) is 10.5. The van der Waals surface area contributed by atoms with Crippen LogP contribution in [-0.4, -0.2) is 50.3 Å². The van der Waals surface area contributed by atoms with Gasteiger partial charge in [0, 0.05) is 13.7 Å². The first-order valence-corrected chi connectivity index (χ1v) is 5.29. The van der Waals surface area contributed by atoms with E-state index in [2.05, 4.69) is 4.74 Å². The molecular formula is C11H23NO3. The summed E-state index contributed by atoms with van der Waals surface area (Å²) in [4.78, 5) is 13.1. The molecular weight excluding hydrogens is 194 g/mol. The normalized spacial score (nSPS) is 11.9. The monoisotopic (exact) mass is 217 g/mol. The predicted octanol–water partition coefficient (Wildman–Crippen LogP) is 1.30. The molecule has 0 aliphatic rings. The average Bonchev–Trinajstić information content (AvgIpc) is 2.23. The van der Waals surface area contributed by atoms with Crippen LogP contribution >= 0.6 is 0 Å². The molecule has 0 bridgehead atoms. The summed E-state index contributed by atoms with van der Waals surface area (Å²) in [7, 11) is 3.12. The molecule has 0 fully saturated rings. The molecule has 0 atom stereocenters. The van der Waals surface area contributed by atoms with Crippen molar-refractivity contribution in [1.82, 2.24) is 4.90 Å². The van der Waals surface area contributed by atoms with Crippen LogP contribution in [0.15, 0.2) is 0 Å². The Morgan fingerprint density at radius 3 is 2.33 bits per heavy atom. The van der Waals surface area contributed by atoms with Gasteiger partial charge in [0.05, 0.1) is 19.3 Å². The van der Waals surface area contributed by atoms with Crippen LogP contribution in [0.5, 0.6) is 0 Å². The van der Waals surface area contributed by atoms with Crippen molar-refractivity contribution in [2.75, 3.05) is 33.9 Å². The molecule has 90 valence electrons. The summed E-state index contributed by atoms with van der Waals surface area (Å²) in [5.74, 6) is -0.188. The van der Waals surface area contributed by atoms with Gasteiger partial charge < -0.3 is 9.47 Å². The summed E-state index contributed by atoms with van der Waals surface area (Å²) >= 11 is 0. The summed E-state index contributed by atoms with van der Waals surface area (Å²) in [5.41, 5.74) is -0.135. The van der Waals surface area contributed by atoms with Crippen molar-refractivity contribution in [3.05, 3.63) is 0 Å². The molecule has 0 unspecified atom stereocenters. The zero-order valence-electron chi connectivity index (χ0n) is 10.5. The van der Waals surface area contributed by atoms with Gasteiger partial charge in [0.1, 0.15) is 0 Å². The number of rotatable bonds is 7. The van der Waals surface area contributed by atoms with Gasteiger partial charge in [0.25, 0.3) is 0 Å². The van der Waals surface area contributed by atoms with Crippen LogP contribution < -0.4 is 0 Å². The lowest BCUT2D eigenvalue weighted by Crippen LogP contribution is -2.35. The number of hydrogen-bond acceptors (Lipinski definition) is 4. The van der Waals surface area contributed by atoms with Crippen molar-refractivity contribution in [2.24, 2.45) is 0 Å². The van der Waals surface area contributed by atoms with Gasteiger partial charge in [-0.15, -0.1) is 0 Å². The molecule has 0 aliphatic heterocycles. The van der Waals surface area contributed by atoms with Gasteiger partial charge >= 0.3 is 5.97 Å². The lowest BCUT2D eigenvalue weighted by Gasteiger charge is -2.27. The average molecular weight is 217 g/mol. The largest absolute Gasteiger partial charge is 0.468 e. The van der Waals surface area contributed by atoms with E-state index in [1.165, 1.54) is 7.11 Å². The Balaban J connectivity index is 3.95. The Hall–Kier alpha value is -0.610. The van der Waals surface area contributed by atoms with E-state index in [4.69, 9.17) is 4.74 Å². The molecule has 4 nitrogen and oxygen atoms in total. The van der Waals surface area contributed by atoms with E-state index in [0.717, 1.165) is 19.5 Å². The number of ether oxygens (including phenoxy) is 2. The summed E-state index contributed by atoms with van der Waals surface area (Å²) < 4.78 is 9.95. The highest BCUT2D eigenvalue weighted by molar-refractivity contribution is 5.71. The van der Waals surface area contributed by atoms with Gasteiger partial charge in [-0.3, -0.25) is 9.69 Å². The number of carbonyl (C=O) groups is 1. The minimum atomic E-state index is -0.188. The van der Waals surface area contributed by atoms with E-state index in [9.17, 15) is 4.79 Å². The molecule has 15 heavy (non-hydrogen) atoms. The van der Waals surface area contributed by atoms with Crippen LogP contribution in [0.25, 0.3) is 0 Å². The van der Waals surface area contributed by atoms with Crippen LogP contribution in [0.4, 0.5) is 0 Å². The molecule has 0 saturated heterocycles. The Morgan fingerprint density at radius 2 is 1.93 bits per heavy atom. The molecule has 0 rings (SSSR count). The molecule has 0 saturated carbocycles. The highest BCUT2D eigenvalue weighted by Crippen LogP contribution is 2.13. The highest BCUT2D eigenvalue weighted by atomic mass is 16.5. The third-order valence-corrected chi connectivity index (χ3v) is 2.61. The number of nitrogens with zero attached hydrogens (tertiary/aromatic N) is 1. The fourth-order valence-corrected chi connectivity index (χ4v) is 1.13. The number of hydrogen-bond donors (Lipinski definition) is 0. The van der Waals surface area contributed by atoms with Crippen molar-refractivity contribution in [3.63, 3.8) is 0 Å². The minimum absolute atomic E-state index is 0.135. The van der Waals surface area contributed by atoms with Gasteiger partial charge in [-0.25, -0.2) is 0 Å². The standard InChI is InChI=1S/C11H23NO3/c1-6-12(9-10(13)14-4)8-7-11(2,3)15-5/h6-9H2,1-5H3. The van der Waals surface area contributed by atoms with Crippen molar-refractivity contribution < 1.29 is 14.3 Å². The molecule has 0 aromatic heterocycles. The quantitative estimate of drug-likeness (QED) is 0.602. The van der Waals surface area contributed by atoms with Gasteiger partial charge in [-0.2, -0.15) is 0 Å². The smallest absolute Gasteiger partial charge is 0.319 e. The Morgan fingerprint density at radius 1 is 1.33 bits per heavy atom. The van der Waals surface area contributed by atoms with E-state index >= 15 is 0 Å². The number of methoxy groups -OCH3 is 2. The fourth-order valence-electron chi connectivity index (χ4n) is 1.13. The zero-order chi connectivity index (χ0) is 11.9. The van der Waals surface area contributed by atoms with E-state index in [1.807, 2.05) is 25.7 Å². The van der Waals surface area contributed by atoms with Crippen molar-refractivity contribution in [3.8, 4) is 0 Å². The second-order valence-corrected chi connectivity index (χ2v) is 4.16.